The van der Waals surface area contributed by atoms with Crippen molar-refractivity contribution in [2.24, 2.45) is 0 Å². The van der Waals surface area contributed by atoms with Crippen molar-refractivity contribution in [3.8, 4) is 0 Å². The van der Waals surface area contributed by atoms with Gasteiger partial charge in [-0.05, 0) is 54.7 Å². The molecule has 1 aliphatic rings. The molecule has 1 amide bonds. The number of aromatic nitrogens is 1. The Hall–Kier alpha value is -2.40. The number of hydrogen-bond acceptors (Lipinski definition) is 4. The molecule has 1 aliphatic carbocycles. The van der Waals surface area contributed by atoms with Crippen molar-refractivity contribution < 1.29 is 14.3 Å². The number of esters is 1. The van der Waals surface area contributed by atoms with Crippen LogP contribution in [0.15, 0.2) is 36.5 Å². The highest BCUT2D eigenvalue weighted by molar-refractivity contribution is 6.30. The molecule has 6 heteroatoms. The minimum atomic E-state index is -0.684. The van der Waals surface area contributed by atoms with Gasteiger partial charge in [0, 0.05) is 16.9 Å². The van der Waals surface area contributed by atoms with Gasteiger partial charge >= 0.3 is 5.97 Å². The third-order valence-corrected chi connectivity index (χ3v) is 3.88. The summed E-state index contributed by atoms with van der Waals surface area (Å²) in [5.74, 6) is -1.07. The first-order chi connectivity index (χ1) is 11.1. The summed E-state index contributed by atoms with van der Waals surface area (Å²) in [4.78, 5) is 27.5. The molecule has 23 heavy (non-hydrogen) atoms. The molecular formula is C17H15ClN2O3. The van der Waals surface area contributed by atoms with E-state index in [1.165, 1.54) is 23.4 Å². The van der Waals surface area contributed by atoms with Crippen molar-refractivity contribution in [1.29, 1.82) is 0 Å². The Kier molecular flexibility index (Phi) is 4.57. The molecule has 0 fully saturated rings. The molecule has 2 aromatic rings. The summed E-state index contributed by atoms with van der Waals surface area (Å²) in [6.07, 6.45) is 4.68. The van der Waals surface area contributed by atoms with E-state index in [1.807, 2.05) is 18.2 Å². The van der Waals surface area contributed by atoms with Crippen LogP contribution in [0.2, 0.25) is 5.02 Å². The average Bonchev–Trinajstić information content (AvgIpc) is 3.00. The van der Waals surface area contributed by atoms with E-state index in [0.29, 0.717) is 10.7 Å². The molecule has 3 rings (SSSR count). The first-order valence-electron chi connectivity index (χ1n) is 7.32. The lowest BCUT2D eigenvalue weighted by atomic mass is 10.1. The van der Waals surface area contributed by atoms with Gasteiger partial charge in [0.05, 0.1) is 0 Å². The van der Waals surface area contributed by atoms with E-state index in [0.717, 1.165) is 19.3 Å². The maximum atomic E-state index is 11.9. The molecule has 0 unspecified atom stereocenters. The largest absolute Gasteiger partial charge is 0.451 e. The summed E-state index contributed by atoms with van der Waals surface area (Å²) in [6, 6.07) is 8.81. The van der Waals surface area contributed by atoms with Gasteiger partial charge in [-0.3, -0.25) is 4.79 Å². The number of hydrogen-bond donors (Lipinski definition) is 1. The Balaban J connectivity index is 1.54. The van der Waals surface area contributed by atoms with Crippen LogP contribution >= 0.6 is 11.6 Å². The minimum absolute atomic E-state index is 0.0721. The van der Waals surface area contributed by atoms with E-state index in [4.69, 9.17) is 16.3 Å². The molecule has 0 bridgehead atoms. The van der Waals surface area contributed by atoms with Crippen LogP contribution in [0.1, 0.15) is 28.0 Å². The maximum Gasteiger partial charge on any atom is 0.357 e. The zero-order valence-corrected chi connectivity index (χ0v) is 13.1. The number of carbonyl (C=O) groups excluding carboxylic acids is 2. The monoisotopic (exact) mass is 330 g/mol. The molecule has 0 spiro atoms. The number of nitrogens with one attached hydrogen (secondary N) is 1. The number of ether oxygens (including phenoxy) is 1. The highest BCUT2D eigenvalue weighted by atomic mass is 35.5. The topological polar surface area (TPSA) is 68.3 Å². The van der Waals surface area contributed by atoms with Crippen molar-refractivity contribution in [1.82, 2.24) is 4.98 Å². The van der Waals surface area contributed by atoms with E-state index in [1.54, 1.807) is 6.07 Å². The molecule has 0 radical (unpaired) electrons. The van der Waals surface area contributed by atoms with Gasteiger partial charge in [-0.15, -0.1) is 0 Å². The molecular weight excluding hydrogens is 316 g/mol. The van der Waals surface area contributed by atoms with Crippen LogP contribution in [0.25, 0.3) is 0 Å². The normalized spacial score (nSPS) is 12.6. The summed E-state index contributed by atoms with van der Waals surface area (Å²) in [6.45, 7) is -0.371. The number of pyridine rings is 1. The van der Waals surface area contributed by atoms with Crippen LogP contribution in [-0.4, -0.2) is 23.5 Å². The standard InChI is InChI=1S/C17H15ClN2O3/c18-13-6-7-19-15(9-13)17(22)23-10-16(21)20-14-5-4-11-2-1-3-12(11)8-14/h4-9H,1-3,10H2,(H,20,21). The van der Waals surface area contributed by atoms with Crippen molar-refractivity contribution in [2.75, 3.05) is 11.9 Å². The summed E-state index contributed by atoms with van der Waals surface area (Å²) >= 11 is 5.78. The van der Waals surface area contributed by atoms with Gasteiger partial charge in [0.15, 0.2) is 6.61 Å². The Morgan fingerprint density at radius 3 is 2.83 bits per heavy atom. The number of benzene rings is 1. The van der Waals surface area contributed by atoms with Gasteiger partial charge in [0.1, 0.15) is 5.69 Å². The molecule has 118 valence electrons. The van der Waals surface area contributed by atoms with E-state index >= 15 is 0 Å². The zero-order chi connectivity index (χ0) is 16.2. The predicted molar refractivity (Wildman–Crippen MR) is 86.6 cm³/mol. The number of anilines is 1. The van der Waals surface area contributed by atoms with Crippen molar-refractivity contribution in [2.45, 2.75) is 19.3 Å². The fraction of sp³-hybridized carbons (Fsp3) is 0.235. The number of halogens is 1. The molecule has 0 saturated heterocycles. The molecule has 1 aromatic carbocycles. The molecule has 0 atom stereocenters. The fourth-order valence-electron chi connectivity index (χ4n) is 2.57. The average molecular weight is 331 g/mol. The van der Waals surface area contributed by atoms with E-state index in [9.17, 15) is 9.59 Å². The van der Waals surface area contributed by atoms with Gasteiger partial charge in [-0.25, -0.2) is 9.78 Å². The summed E-state index contributed by atoms with van der Waals surface area (Å²) in [7, 11) is 0. The quantitative estimate of drug-likeness (QED) is 0.875. The second-order valence-corrected chi connectivity index (χ2v) is 5.76. The Morgan fingerprint density at radius 2 is 2.00 bits per heavy atom. The molecule has 5 nitrogen and oxygen atoms in total. The highest BCUT2D eigenvalue weighted by Crippen LogP contribution is 2.24. The van der Waals surface area contributed by atoms with Crippen molar-refractivity contribution in [3.05, 3.63) is 58.4 Å². The molecule has 0 aliphatic heterocycles. The van der Waals surface area contributed by atoms with E-state index < -0.39 is 11.9 Å². The van der Waals surface area contributed by atoms with Gasteiger partial charge in [-0.1, -0.05) is 17.7 Å². The number of nitrogens with zero attached hydrogens (tertiary/aromatic N) is 1. The molecule has 1 aromatic heterocycles. The van der Waals surface area contributed by atoms with E-state index in [2.05, 4.69) is 10.3 Å². The summed E-state index contributed by atoms with van der Waals surface area (Å²) in [5, 5.41) is 3.11. The summed E-state index contributed by atoms with van der Waals surface area (Å²) in [5.41, 5.74) is 3.39. The van der Waals surface area contributed by atoms with Gasteiger partial charge in [0.25, 0.3) is 5.91 Å². The lowest BCUT2D eigenvalue weighted by Crippen LogP contribution is -2.21. The molecule has 0 saturated carbocycles. The Labute approximate surface area is 138 Å². The lowest BCUT2D eigenvalue weighted by Gasteiger charge is -2.08. The number of rotatable bonds is 4. The second-order valence-electron chi connectivity index (χ2n) is 5.32. The number of carbonyl (C=O) groups is 2. The van der Waals surface area contributed by atoms with Crippen LogP contribution in [0.4, 0.5) is 5.69 Å². The number of aryl methyl sites for hydroxylation is 2. The number of fused-ring (bicyclic) bond motifs is 1. The molecule has 1 N–H and O–H groups in total. The van der Waals surface area contributed by atoms with Crippen molar-refractivity contribution in [3.63, 3.8) is 0 Å². The van der Waals surface area contributed by atoms with E-state index in [-0.39, 0.29) is 12.3 Å². The lowest BCUT2D eigenvalue weighted by molar-refractivity contribution is -0.119. The van der Waals surface area contributed by atoms with Crippen LogP contribution in [-0.2, 0) is 22.4 Å². The van der Waals surface area contributed by atoms with Crippen LogP contribution in [0.5, 0.6) is 0 Å². The third-order valence-electron chi connectivity index (χ3n) is 3.65. The summed E-state index contributed by atoms with van der Waals surface area (Å²) < 4.78 is 4.94. The predicted octanol–water partition coefficient (Wildman–Crippen LogP) is 3.02. The zero-order valence-electron chi connectivity index (χ0n) is 12.3. The van der Waals surface area contributed by atoms with Gasteiger partial charge in [-0.2, -0.15) is 0 Å². The second kappa shape index (κ2) is 6.79. The Bertz CT molecular complexity index is 761. The van der Waals surface area contributed by atoms with Crippen LogP contribution in [0, 0.1) is 0 Å². The highest BCUT2D eigenvalue weighted by Gasteiger charge is 2.14. The van der Waals surface area contributed by atoms with Crippen LogP contribution in [0.3, 0.4) is 0 Å². The fourth-order valence-corrected chi connectivity index (χ4v) is 2.73. The minimum Gasteiger partial charge on any atom is -0.451 e. The first kappa shape index (κ1) is 15.5. The molecule has 1 heterocycles. The first-order valence-corrected chi connectivity index (χ1v) is 7.70. The SMILES string of the molecule is O=C(COC(=O)c1cc(Cl)ccn1)Nc1ccc2c(c1)CCC2. The maximum absolute atomic E-state index is 11.9. The smallest absolute Gasteiger partial charge is 0.357 e. The third kappa shape index (κ3) is 3.87. The van der Waals surface area contributed by atoms with Gasteiger partial charge in [0.2, 0.25) is 0 Å². The van der Waals surface area contributed by atoms with Crippen LogP contribution < -0.4 is 5.32 Å². The Morgan fingerprint density at radius 1 is 1.17 bits per heavy atom. The van der Waals surface area contributed by atoms with Crippen molar-refractivity contribution >= 4 is 29.2 Å². The number of amides is 1. The van der Waals surface area contributed by atoms with Gasteiger partial charge < -0.3 is 10.1 Å².